The second kappa shape index (κ2) is 7.60. The summed E-state index contributed by atoms with van der Waals surface area (Å²) in [7, 11) is 2.09. The lowest BCUT2D eigenvalue weighted by molar-refractivity contribution is 0.217. The Morgan fingerprint density at radius 1 is 1.35 bits per heavy atom. The Labute approximate surface area is 131 Å². The van der Waals surface area contributed by atoms with Crippen molar-refractivity contribution >= 4 is 15.9 Å². The van der Waals surface area contributed by atoms with E-state index in [9.17, 15) is 0 Å². The van der Waals surface area contributed by atoms with Crippen LogP contribution in [0.15, 0.2) is 10.7 Å². The van der Waals surface area contributed by atoms with Gasteiger partial charge in [0.05, 0.1) is 22.4 Å². The van der Waals surface area contributed by atoms with Gasteiger partial charge in [0, 0.05) is 6.54 Å². The minimum absolute atomic E-state index is 0.427. The average molecular weight is 342 g/mol. The zero-order valence-corrected chi connectivity index (χ0v) is 14.6. The predicted molar refractivity (Wildman–Crippen MR) is 87.8 cm³/mol. The minimum Gasteiger partial charge on any atom is -0.311 e. The predicted octanol–water partition coefficient (Wildman–Crippen LogP) is 4.53. The average Bonchev–Trinajstić information content (AvgIpc) is 2.83. The highest BCUT2D eigenvalue weighted by molar-refractivity contribution is 9.10. The van der Waals surface area contributed by atoms with Crippen molar-refractivity contribution in [2.45, 2.75) is 65.0 Å². The minimum atomic E-state index is 0.427. The third-order valence-corrected chi connectivity index (χ3v) is 5.43. The van der Waals surface area contributed by atoms with Gasteiger partial charge in [-0.3, -0.25) is 4.68 Å². The Hall–Kier alpha value is -0.350. The van der Waals surface area contributed by atoms with Gasteiger partial charge in [-0.2, -0.15) is 5.10 Å². The fourth-order valence-corrected chi connectivity index (χ4v) is 4.14. The number of nitrogens with zero attached hydrogens (tertiary/aromatic N) is 2. The Kier molecular flexibility index (Phi) is 6.09. The second-order valence-corrected chi connectivity index (χ2v) is 6.91. The van der Waals surface area contributed by atoms with Crippen LogP contribution in [-0.4, -0.2) is 16.8 Å². The SMILES string of the molecule is CCCn1ncc(Br)c1C(NC)C1CCC(CC)CC1. The molecule has 2 rings (SSSR count). The lowest BCUT2D eigenvalue weighted by atomic mass is 9.77. The number of hydrogen-bond donors (Lipinski definition) is 1. The van der Waals surface area contributed by atoms with E-state index in [4.69, 9.17) is 0 Å². The van der Waals surface area contributed by atoms with Crippen LogP contribution in [0.2, 0.25) is 0 Å². The van der Waals surface area contributed by atoms with Crippen molar-refractivity contribution in [1.29, 1.82) is 0 Å². The summed E-state index contributed by atoms with van der Waals surface area (Å²) in [6.45, 7) is 5.54. The van der Waals surface area contributed by atoms with Crippen molar-refractivity contribution in [2.75, 3.05) is 7.05 Å². The molecule has 1 atom stereocenters. The summed E-state index contributed by atoms with van der Waals surface area (Å²) in [5.41, 5.74) is 1.34. The van der Waals surface area contributed by atoms with Crippen LogP contribution < -0.4 is 5.32 Å². The molecule has 0 aromatic carbocycles. The highest BCUT2D eigenvalue weighted by atomic mass is 79.9. The number of hydrogen-bond acceptors (Lipinski definition) is 2. The summed E-state index contributed by atoms with van der Waals surface area (Å²) < 4.78 is 3.33. The molecule has 0 bridgehead atoms. The van der Waals surface area contributed by atoms with Crippen molar-refractivity contribution < 1.29 is 0 Å². The molecule has 1 N–H and O–H groups in total. The summed E-state index contributed by atoms with van der Waals surface area (Å²) in [5.74, 6) is 1.69. The van der Waals surface area contributed by atoms with Crippen LogP contribution in [0.4, 0.5) is 0 Å². The third kappa shape index (κ3) is 3.45. The number of nitrogens with one attached hydrogen (secondary N) is 1. The molecule has 0 spiro atoms. The van der Waals surface area contributed by atoms with Gasteiger partial charge in [0.1, 0.15) is 0 Å². The molecule has 3 nitrogen and oxygen atoms in total. The summed E-state index contributed by atoms with van der Waals surface area (Å²) >= 11 is 3.70. The van der Waals surface area contributed by atoms with Crippen LogP contribution >= 0.6 is 15.9 Å². The molecule has 0 aliphatic heterocycles. The summed E-state index contributed by atoms with van der Waals surface area (Å²) in [6.07, 6.45) is 9.88. The van der Waals surface area contributed by atoms with E-state index in [-0.39, 0.29) is 0 Å². The van der Waals surface area contributed by atoms with E-state index in [2.05, 4.69) is 51.9 Å². The van der Waals surface area contributed by atoms with E-state index < -0.39 is 0 Å². The fraction of sp³-hybridized carbons (Fsp3) is 0.812. The third-order valence-electron chi connectivity index (χ3n) is 4.81. The molecule has 114 valence electrons. The topological polar surface area (TPSA) is 29.9 Å². The maximum absolute atomic E-state index is 4.53. The van der Waals surface area contributed by atoms with Crippen molar-refractivity contribution in [1.82, 2.24) is 15.1 Å². The molecular weight excluding hydrogens is 314 g/mol. The van der Waals surface area contributed by atoms with Crippen molar-refractivity contribution in [3.63, 3.8) is 0 Å². The van der Waals surface area contributed by atoms with Crippen LogP contribution in [0.25, 0.3) is 0 Å². The quantitative estimate of drug-likeness (QED) is 0.823. The molecule has 1 heterocycles. The monoisotopic (exact) mass is 341 g/mol. The molecule has 0 amide bonds. The van der Waals surface area contributed by atoms with Gasteiger partial charge < -0.3 is 5.32 Å². The van der Waals surface area contributed by atoms with Gasteiger partial charge in [-0.05, 0) is 54.1 Å². The first-order chi connectivity index (χ1) is 9.71. The largest absolute Gasteiger partial charge is 0.311 e. The Morgan fingerprint density at radius 2 is 2.05 bits per heavy atom. The lowest BCUT2D eigenvalue weighted by Gasteiger charge is -2.34. The van der Waals surface area contributed by atoms with Gasteiger partial charge in [0.25, 0.3) is 0 Å². The fourth-order valence-electron chi connectivity index (χ4n) is 3.60. The van der Waals surface area contributed by atoms with Gasteiger partial charge in [-0.25, -0.2) is 0 Å². The van der Waals surface area contributed by atoms with Crippen molar-refractivity contribution in [2.24, 2.45) is 11.8 Å². The standard InChI is InChI=1S/C16H28BrN3/c1-4-10-20-16(14(17)11-19-20)15(18-3)13-8-6-12(5-2)7-9-13/h11-13,15,18H,4-10H2,1-3H3. The molecule has 20 heavy (non-hydrogen) atoms. The van der Waals surface area contributed by atoms with Gasteiger partial charge in [-0.15, -0.1) is 0 Å². The van der Waals surface area contributed by atoms with Crippen molar-refractivity contribution in [3.05, 3.63) is 16.4 Å². The Morgan fingerprint density at radius 3 is 2.60 bits per heavy atom. The molecule has 0 saturated heterocycles. The molecule has 1 aromatic heterocycles. The van der Waals surface area contributed by atoms with Gasteiger partial charge in [0.2, 0.25) is 0 Å². The van der Waals surface area contributed by atoms with E-state index in [0.29, 0.717) is 6.04 Å². The van der Waals surface area contributed by atoms with Gasteiger partial charge in [0.15, 0.2) is 0 Å². The first-order valence-electron chi connectivity index (χ1n) is 8.09. The zero-order chi connectivity index (χ0) is 14.5. The van der Waals surface area contributed by atoms with Crippen LogP contribution in [-0.2, 0) is 6.54 Å². The molecule has 4 heteroatoms. The maximum atomic E-state index is 4.53. The number of aryl methyl sites for hydroxylation is 1. The first kappa shape index (κ1) is 16.0. The van der Waals surface area contributed by atoms with E-state index in [1.54, 1.807) is 0 Å². The molecule has 1 aliphatic rings. The number of halogens is 1. The maximum Gasteiger partial charge on any atom is 0.0698 e. The van der Waals surface area contributed by atoms with Gasteiger partial charge >= 0.3 is 0 Å². The summed E-state index contributed by atoms with van der Waals surface area (Å²) in [4.78, 5) is 0. The van der Waals surface area contributed by atoms with Crippen LogP contribution in [0.3, 0.4) is 0 Å². The second-order valence-electron chi connectivity index (χ2n) is 6.06. The molecule has 1 aromatic rings. The molecule has 1 saturated carbocycles. The Balaban J connectivity index is 2.14. The normalized spacial score (nSPS) is 24.8. The number of rotatable bonds is 6. The molecule has 0 radical (unpaired) electrons. The zero-order valence-electron chi connectivity index (χ0n) is 13.0. The first-order valence-corrected chi connectivity index (χ1v) is 8.88. The molecular formula is C16H28BrN3. The van der Waals surface area contributed by atoms with Crippen LogP contribution in [0.1, 0.15) is 64.1 Å². The molecule has 1 aliphatic carbocycles. The summed E-state index contributed by atoms with van der Waals surface area (Å²) in [6, 6.07) is 0.427. The van der Waals surface area contributed by atoms with Gasteiger partial charge in [-0.1, -0.05) is 33.1 Å². The van der Waals surface area contributed by atoms with Crippen LogP contribution in [0, 0.1) is 11.8 Å². The highest BCUT2D eigenvalue weighted by Crippen LogP contribution is 2.39. The smallest absolute Gasteiger partial charge is 0.0698 e. The molecule has 1 unspecified atom stereocenters. The van der Waals surface area contributed by atoms with E-state index in [0.717, 1.165) is 29.3 Å². The van der Waals surface area contributed by atoms with E-state index >= 15 is 0 Å². The lowest BCUT2D eigenvalue weighted by Crippen LogP contribution is -2.31. The molecule has 1 fully saturated rings. The van der Waals surface area contributed by atoms with Crippen LogP contribution in [0.5, 0.6) is 0 Å². The van der Waals surface area contributed by atoms with Crippen molar-refractivity contribution in [3.8, 4) is 0 Å². The summed E-state index contributed by atoms with van der Waals surface area (Å²) in [5, 5.41) is 8.09. The van der Waals surface area contributed by atoms with E-state index in [1.807, 2.05) is 6.20 Å². The number of aromatic nitrogens is 2. The van der Waals surface area contributed by atoms with E-state index in [1.165, 1.54) is 37.8 Å². The highest BCUT2D eigenvalue weighted by Gasteiger charge is 2.30. The Bertz CT molecular complexity index is 408.